The number of amides is 1. The summed E-state index contributed by atoms with van der Waals surface area (Å²) in [4.78, 5) is 12.9. The van der Waals surface area contributed by atoms with Crippen LogP contribution in [0.3, 0.4) is 0 Å². The van der Waals surface area contributed by atoms with Crippen molar-refractivity contribution in [3.63, 3.8) is 0 Å². The van der Waals surface area contributed by atoms with Gasteiger partial charge in [0.2, 0.25) is 0 Å². The Morgan fingerprint density at radius 1 is 1.22 bits per heavy atom. The van der Waals surface area contributed by atoms with Gasteiger partial charge in [0.15, 0.2) is 11.5 Å². The van der Waals surface area contributed by atoms with Crippen molar-refractivity contribution < 1.29 is 14.6 Å². The first-order chi connectivity index (χ1) is 12.9. The van der Waals surface area contributed by atoms with Crippen LogP contribution in [-0.4, -0.2) is 23.3 Å². The first-order valence-corrected chi connectivity index (χ1v) is 9.18. The number of anilines is 1. The molecule has 2 aromatic rings. The van der Waals surface area contributed by atoms with E-state index in [1.54, 1.807) is 25.1 Å². The zero-order valence-corrected chi connectivity index (χ0v) is 16.2. The predicted octanol–water partition coefficient (Wildman–Crippen LogP) is 4.81. The second-order valence-electron chi connectivity index (χ2n) is 6.16. The average molecular weight is 385 g/mol. The molecule has 0 radical (unpaired) electrons. The third-order valence-electron chi connectivity index (χ3n) is 4.31. The van der Waals surface area contributed by atoms with E-state index in [-0.39, 0.29) is 22.4 Å². The minimum absolute atomic E-state index is 0.110. The molecule has 0 unspecified atom stereocenters. The van der Waals surface area contributed by atoms with Crippen molar-refractivity contribution in [2.45, 2.75) is 27.2 Å². The maximum absolute atomic E-state index is 12.9. The zero-order chi connectivity index (χ0) is 19.6. The fourth-order valence-electron chi connectivity index (χ4n) is 2.84. The minimum Gasteiger partial charge on any atom is -0.503 e. The van der Waals surface area contributed by atoms with Gasteiger partial charge in [0, 0.05) is 0 Å². The van der Waals surface area contributed by atoms with E-state index in [2.05, 4.69) is 12.0 Å². The van der Waals surface area contributed by atoms with Crippen LogP contribution in [0.4, 0.5) is 5.69 Å². The SMILES string of the molecule is CCOc1cc(/C=C2/C(=O)N(c3ccc(CC)cc3)N=C2C)cc(Cl)c1O. The number of nitrogens with zero attached hydrogens (tertiary/aromatic N) is 2. The Balaban J connectivity index is 1.93. The summed E-state index contributed by atoms with van der Waals surface area (Å²) in [6, 6.07) is 11.0. The molecule has 0 fully saturated rings. The Morgan fingerprint density at radius 3 is 2.56 bits per heavy atom. The Bertz CT molecular complexity index is 933. The van der Waals surface area contributed by atoms with E-state index in [1.165, 1.54) is 10.6 Å². The number of phenolic OH excluding ortho intramolecular Hbond substituents is 1. The average Bonchev–Trinajstić information content (AvgIpc) is 2.94. The topological polar surface area (TPSA) is 62.1 Å². The maximum Gasteiger partial charge on any atom is 0.280 e. The summed E-state index contributed by atoms with van der Waals surface area (Å²) in [5, 5.41) is 15.9. The van der Waals surface area contributed by atoms with Crippen molar-refractivity contribution in [3.05, 3.63) is 58.1 Å². The summed E-state index contributed by atoms with van der Waals surface area (Å²) < 4.78 is 5.40. The van der Waals surface area contributed by atoms with Gasteiger partial charge in [-0.05, 0) is 61.7 Å². The number of hydrogen-bond acceptors (Lipinski definition) is 4. The zero-order valence-electron chi connectivity index (χ0n) is 15.5. The molecule has 140 valence electrons. The monoisotopic (exact) mass is 384 g/mol. The highest BCUT2D eigenvalue weighted by Crippen LogP contribution is 2.36. The standard InChI is InChI=1S/C21H21ClN2O3/c1-4-14-6-8-16(9-7-14)24-21(26)17(13(3)23-24)10-15-11-18(22)20(25)19(12-15)27-5-2/h6-12,25H,4-5H2,1-3H3/b17-10+. The first-order valence-electron chi connectivity index (χ1n) is 8.80. The maximum atomic E-state index is 12.9. The molecule has 1 aliphatic rings. The van der Waals surface area contributed by atoms with Crippen LogP contribution in [0.1, 0.15) is 31.9 Å². The smallest absolute Gasteiger partial charge is 0.280 e. The molecular formula is C21H21ClN2O3. The third-order valence-corrected chi connectivity index (χ3v) is 4.60. The van der Waals surface area contributed by atoms with Crippen LogP contribution >= 0.6 is 11.6 Å². The highest BCUT2D eigenvalue weighted by atomic mass is 35.5. The third kappa shape index (κ3) is 3.83. The number of aromatic hydroxyl groups is 1. The normalized spacial score (nSPS) is 15.4. The van der Waals surface area contributed by atoms with Crippen LogP contribution in [0.2, 0.25) is 5.02 Å². The lowest BCUT2D eigenvalue weighted by Gasteiger charge is -2.12. The van der Waals surface area contributed by atoms with Crippen molar-refractivity contribution in [1.82, 2.24) is 0 Å². The lowest BCUT2D eigenvalue weighted by Crippen LogP contribution is -2.21. The van der Waals surface area contributed by atoms with E-state index in [9.17, 15) is 9.90 Å². The van der Waals surface area contributed by atoms with E-state index in [0.717, 1.165) is 12.1 Å². The second kappa shape index (κ2) is 7.84. The summed E-state index contributed by atoms with van der Waals surface area (Å²) in [5.74, 6) is -0.0377. The summed E-state index contributed by atoms with van der Waals surface area (Å²) in [6.07, 6.45) is 2.64. The van der Waals surface area contributed by atoms with Crippen molar-refractivity contribution in [2.24, 2.45) is 5.10 Å². The molecule has 0 saturated heterocycles. The fourth-order valence-corrected chi connectivity index (χ4v) is 3.06. The molecule has 27 heavy (non-hydrogen) atoms. The van der Waals surface area contributed by atoms with Gasteiger partial charge in [-0.25, -0.2) is 0 Å². The molecule has 6 heteroatoms. The second-order valence-corrected chi connectivity index (χ2v) is 6.57. The van der Waals surface area contributed by atoms with E-state index in [0.29, 0.717) is 23.5 Å². The van der Waals surface area contributed by atoms with Crippen molar-refractivity contribution in [2.75, 3.05) is 11.6 Å². The lowest BCUT2D eigenvalue weighted by molar-refractivity contribution is -0.114. The molecule has 1 heterocycles. The number of carbonyl (C=O) groups excluding carboxylic acids is 1. The number of benzene rings is 2. The van der Waals surface area contributed by atoms with Crippen molar-refractivity contribution in [3.8, 4) is 11.5 Å². The molecule has 1 N–H and O–H groups in total. The Morgan fingerprint density at radius 2 is 1.93 bits per heavy atom. The molecule has 0 saturated carbocycles. The van der Waals surface area contributed by atoms with Gasteiger partial charge in [-0.3, -0.25) is 4.79 Å². The highest BCUT2D eigenvalue weighted by molar-refractivity contribution is 6.33. The Kier molecular flexibility index (Phi) is 5.51. The van der Waals surface area contributed by atoms with Gasteiger partial charge in [-0.2, -0.15) is 10.1 Å². The van der Waals surface area contributed by atoms with Crippen LogP contribution in [0, 0.1) is 0 Å². The molecule has 1 aliphatic heterocycles. The number of ether oxygens (including phenoxy) is 1. The van der Waals surface area contributed by atoms with Gasteiger partial charge < -0.3 is 9.84 Å². The fraction of sp³-hybridized carbons (Fsp3) is 0.238. The quantitative estimate of drug-likeness (QED) is 0.752. The van der Waals surface area contributed by atoms with Gasteiger partial charge in [0.25, 0.3) is 5.91 Å². The van der Waals surface area contributed by atoms with Crippen molar-refractivity contribution in [1.29, 1.82) is 0 Å². The number of rotatable bonds is 5. The Labute approximate surface area is 163 Å². The largest absolute Gasteiger partial charge is 0.503 e. The molecule has 5 nitrogen and oxygen atoms in total. The molecule has 0 spiro atoms. The van der Waals surface area contributed by atoms with E-state index in [4.69, 9.17) is 16.3 Å². The van der Waals surface area contributed by atoms with Gasteiger partial charge in [0.1, 0.15) is 0 Å². The van der Waals surface area contributed by atoms with Crippen LogP contribution in [-0.2, 0) is 11.2 Å². The van der Waals surface area contributed by atoms with E-state index < -0.39 is 0 Å². The van der Waals surface area contributed by atoms with Crippen molar-refractivity contribution >= 4 is 35.0 Å². The van der Waals surface area contributed by atoms with Gasteiger partial charge in [-0.15, -0.1) is 0 Å². The molecule has 1 amide bonds. The number of phenols is 1. The summed E-state index contributed by atoms with van der Waals surface area (Å²) in [7, 11) is 0. The van der Waals surface area contributed by atoms with Gasteiger partial charge in [0.05, 0.1) is 28.6 Å². The van der Waals surface area contributed by atoms with Crippen LogP contribution in [0.25, 0.3) is 6.08 Å². The van der Waals surface area contributed by atoms with E-state index in [1.807, 2.05) is 31.2 Å². The van der Waals surface area contributed by atoms with Crippen LogP contribution in [0.5, 0.6) is 11.5 Å². The van der Waals surface area contributed by atoms with Gasteiger partial charge in [-0.1, -0.05) is 30.7 Å². The van der Waals surface area contributed by atoms with E-state index >= 15 is 0 Å². The van der Waals surface area contributed by atoms with Crippen LogP contribution < -0.4 is 9.75 Å². The minimum atomic E-state index is -0.209. The molecule has 0 bridgehead atoms. The molecular weight excluding hydrogens is 364 g/mol. The Hall–Kier alpha value is -2.79. The van der Waals surface area contributed by atoms with Crippen LogP contribution in [0.15, 0.2) is 47.1 Å². The molecule has 2 aromatic carbocycles. The highest BCUT2D eigenvalue weighted by Gasteiger charge is 2.28. The molecule has 0 aliphatic carbocycles. The summed E-state index contributed by atoms with van der Waals surface area (Å²) in [5.41, 5.74) is 3.66. The van der Waals surface area contributed by atoms with Gasteiger partial charge >= 0.3 is 0 Å². The molecule has 0 atom stereocenters. The number of hydrazone groups is 1. The number of aryl methyl sites for hydroxylation is 1. The molecule has 0 aromatic heterocycles. The predicted molar refractivity (Wildman–Crippen MR) is 109 cm³/mol. The number of hydrogen-bond donors (Lipinski definition) is 1. The lowest BCUT2D eigenvalue weighted by atomic mass is 10.1. The number of carbonyl (C=O) groups is 1. The number of halogens is 1. The summed E-state index contributed by atoms with van der Waals surface area (Å²) in [6.45, 7) is 6.08. The summed E-state index contributed by atoms with van der Waals surface area (Å²) >= 11 is 6.08. The first kappa shape index (κ1) is 19.0. The molecule has 3 rings (SSSR count).